The minimum Gasteiger partial charge on any atom is -0.370 e. The molecule has 2 amide bonds. The van der Waals surface area contributed by atoms with Gasteiger partial charge in [-0.3, -0.25) is 14.5 Å². The lowest BCUT2D eigenvalue weighted by atomic mass is 10.00. The monoisotopic (exact) mass is 261 g/mol. The van der Waals surface area contributed by atoms with Gasteiger partial charge < -0.3 is 5.32 Å². The Labute approximate surface area is 113 Å². The number of aromatic nitrogens is 1. The molecule has 5 heteroatoms. The predicted octanol–water partition coefficient (Wildman–Crippen LogP) is 1.65. The molecular weight excluding hydrogens is 242 g/mol. The van der Waals surface area contributed by atoms with Crippen LogP contribution in [-0.4, -0.2) is 28.2 Å². The first-order chi connectivity index (χ1) is 9.04. The van der Waals surface area contributed by atoms with Crippen LogP contribution in [0.3, 0.4) is 0 Å². The van der Waals surface area contributed by atoms with Gasteiger partial charge in [-0.25, -0.2) is 4.98 Å². The topological polar surface area (TPSA) is 62.3 Å². The van der Waals surface area contributed by atoms with Crippen molar-refractivity contribution in [3.05, 3.63) is 23.9 Å². The third-order valence-electron chi connectivity index (χ3n) is 3.55. The third kappa shape index (κ3) is 2.59. The molecule has 2 atom stereocenters. The van der Waals surface area contributed by atoms with Crippen LogP contribution in [0.2, 0.25) is 0 Å². The third-order valence-corrected chi connectivity index (χ3v) is 3.55. The Hall–Kier alpha value is -1.91. The summed E-state index contributed by atoms with van der Waals surface area (Å²) in [7, 11) is 0. The summed E-state index contributed by atoms with van der Waals surface area (Å²) in [6, 6.07) is 5.57. The largest absolute Gasteiger partial charge is 0.370 e. The van der Waals surface area contributed by atoms with Gasteiger partial charge in [0.2, 0.25) is 11.8 Å². The molecule has 1 aromatic rings. The summed E-state index contributed by atoms with van der Waals surface area (Å²) in [6.07, 6.45) is 0. The van der Waals surface area contributed by atoms with Crippen LogP contribution in [0.1, 0.15) is 26.5 Å². The predicted molar refractivity (Wildman–Crippen MR) is 72.3 cm³/mol. The maximum atomic E-state index is 12.0. The number of hydrogen-bond acceptors (Lipinski definition) is 4. The number of rotatable bonds is 4. The highest BCUT2D eigenvalue weighted by atomic mass is 16.2. The number of imide groups is 1. The molecule has 0 spiro atoms. The van der Waals surface area contributed by atoms with E-state index in [9.17, 15) is 9.59 Å². The molecule has 0 aromatic carbocycles. The number of amides is 2. The Kier molecular flexibility index (Phi) is 3.83. The lowest BCUT2D eigenvalue weighted by Gasteiger charge is -2.14. The Morgan fingerprint density at radius 1 is 1.21 bits per heavy atom. The molecule has 0 saturated carbocycles. The zero-order chi connectivity index (χ0) is 14.0. The fourth-order valence-electron chi connectivity index (χ4n) is 2.19. The summed E-state index contributed by atoms with van der Waals surface area (Å²) < 4.78 is 0. The van der Waals surface area contributed by atoms with Gasteiger partial charge in [0.25, 0.3) is 0 Å². The molecule has 2 unspecified atom stereocenters. The van der Waals surface area contributed by atoms with E-state index in [2.05, 4.69) is 10.3 Å². The first-order valence-electron chi connectivity index (χ1n) is 6.59. The van der Waals surface area contributed by atoms with Gasteiger partial charge in [-0.05, 0) is 19.1 Å². The van der Waals surface area contributed by atoms with E-state index < -0.39 is 0 Å². The fraction of sp³-hybridized carbons (Fsp3) is 0.500. The van der Waals surface area contributed by atoms with Crippen molar-refractivity contribution < 1.29 is 9.59 Å². The van der Waals surface area contributed by atoms with Crippen molar-refractivity contribution in [3.63, 3.8) is 0 Å². The van der Waals surface area contributed by atoms with Gasteiger partial charge in [-0.15, -0.1) is 0 Å². The van der Waals surface area contributed by atoms with Gasteiger partial charge in [0.05, 0.1) is 12.2 Å². The van der Waals surface area contributed by atoms with E-state index in [0.29, 0.717) is 0 Å². The number of nitrogens with zero attached hydrogens (tertiary/aromatic N) is 2. The van der Waals surface area contributed by atoms with Crippen LogP contribution in [0.5, 0.6) is 0 Å². The molecule has 1 saturated heterocycles. The van der Waals surface area contributed by atoms with Gasteiger partial charge in [-0.2, -0.15) is 0 Å². The Bertz CT molecular complexity index is 481. The zero-order valence-corrected chi connectivity index (χ0v) is 11.5. The van der Waals surface area contributed by atoms with Crippen LogP contribution in [0.25, 0.3) is 0 Å². The van der Waals surface area contributed by atoms with Crippen LogP contribution in [-0.2, 0) is 16.1 Å². The molecule has 1 fully saturated rings. The Balaban J connectivity index is 2.15. The summed E-state index contributed by atoms with van der Waals surface area (Å²) in [5.74, 6) is 0.0930. The van der Waals surface area contributed by atoms with E-state index in [1.54, 1.807) is 13.8 Å². The smallest absolute Gasteiger partial charge is 0.233 e. The molecule has 1 N–H and O–H groups in total. The molecule has 1 aliphatic rings. The van der Waals surface area contributed by atoms with Crippen molar-refractivity contribution in [3.8, 4) is 0 Å². The number of hydrogen-bond donors (Lipinski definition) is 1. The highest BCUT2D eigenvalue weighted by Gasteiger charge is 2.42. The van der Waals surface area contributed by atoms with Crippen LogP contribution >= 0.6 is 0 Å². The van der Waals surface area contributed by atoms with Gasteiger partial charge in [0.15, 0.2) is 0 Å². The van der Waals surface area contributed by atoms with E-state index in [0.717, 1.165) is 18.1 Å². The molecule has 102 valence electrons. The van der Waals surface area contributed by atoms with E-state index in [1.165, 1.54) is 4.90 Å². The molecular formula is C14H19N3O2. The molecule has 1 aliphatic heterocycles. The molecule has 0 aliphatic carbocycles. The number of likely N-dealkylation sites (tertiary alicyclic amines) is 1. The quantitative estimate of drug-likeness (QED) is 0.837. The minimum atomic E-state index is -0.232. The summed E-state index contributed by atoms with van der Waals surface area (Å²) in [6.45, 7) is 6.63. The fourth-order valence-corrected chi connectivity index (χ4v) is 2.19. The van der Waals surface area contributed by atoms with E-state index in [1.807, 2.05) is 25.1 Å². The van der Waals surface area contributed by atoms with Gasteiger partial charge >= 0.3 is 0 Å². The first-order valence-corrected chi connectivity index (χ1v) is 6.59. The minimum absolute atomic E-state index is 0.104. The Morgan fingerprint density at radius 3 is 2.42 bits per heavy atom. The zero-order valence-electron chi connectivity index (χ0n) is 11.5. The number of carbonyl (C=O) groups excluding carboxylic acids is 2. The van der Waals surface area contributed by atoms with E-state index in [4.69, 9.17) is 0 Å². The van der Waals surface area contributed by atoms with Crippen LogP contribution < -0.4 is 5.32 Å². The highest BCUT2D eigenvalue weighted by Crippen LogP contribution is 2.26. The Morgan fingerprint density at radius 2 is 1.84 bits per heavy atom. The molecule has 2 heterocycles. The first kappa shape index (κ1) is 13.5. The molecule has 0 bridgehead atoms. The summed E-state index contributed by atoms with van der Waals surface area (Å²) in [5, 5.41) is 3.11. The average molecular weight is 261 g/mol. The second-order valence-corrected chi connectivity index (χ2v) is 4.88. The molecule has 0 radical (unpaired) electrons. The van der Waals surface area contributed by atoms with Gasteiger partial charge in [0.1, 0.15) is 5.82 Å². The maximum Gasteiger partial charge on any atom is 0.233 e. The number of carbonyl (C=O) groups is 2. The molecule has 19 heavy (non-hydrogen) atoms. The van der Waals surface area contributed by atoms with Gasteiger partial charge in [0, 0.05) is 18.4 Å². The number of anilines is 1. The van der Waals surface area contributed by atoms with Crippen molar-refractivity contribution in [1.82, 2.24) is 9.88 Å². The van der Waals surface area contributed by atoms with Crippen molar-refractivity contribution in [2.45, 2.75) is 27.3 Å². The summed E-state index contributed by atoms with van der Waals surface area (Å²) in [4.78, 5) is 29.7. The van der Waals surface area contributed by atoms with Crippen LogP contribution in [0.15, 0.2) is 18.2 Å². The van der Waals surface area contributed by atoms with Crippen molar-refractivity contribution in [2.24, 2.45) is 11.8 Å². The van der Waals surface area contributed by atoms with Gasteiger partial charge in [-0.1, -0.05) is 19.9 Å². The highest BCUT2D eigenvalue weighted by molar-refractivity contribution is 6.04. The SMILES string of the molecule is CCNc1cccc(CN2C(=O)C(C)C(C)C2=O)n1. The molecule has 5 nitrogen and oxygen atoms in total. The maximum absolute atomic E-state index is 12.0. The van der Waals surface area contributed by atoms with E-state index >= 15 is 0 Å². The lowest BCUT2D eigenvalue weighted by Crippen LogP contribution is -2.30. The van der Waals surface area contributed by atoms with Crippen molar-refractivity contribution in [1.29, 1.82) is 0 Å². The summed E-state index contributed by atoms with van der Waals surface area (Å²) in [5.41, 5.74) is 0.724. The van der Waals surface area contributed by atoms with Crippen LogP contribution in [0, 0.1) is 11.8 Å². The molecule has 2 rings (SSSR count). The average Bonchev–Trinajstić information content (AvgIpc) is 2.58. The summed E-state index contributed by atoms with van der Waals surface area (Å²) >= 11 is 0. The normalized spacial score (nSPS) is 23.0. The number of nitrogens with one attached hydrogen (secondary N) is 1. The molecule has 1 aromatic heterocycles. The van der Waals surface area contributed by atoms with E-state index in [-0.39, 0.29) is 30.2 Å². The second kappa shape index (κ2) is 5.38. The van der Waals surface area contributed by atoms with Crippen molar-refractivity contribution in [2.75, 3.05) is 11.9 Å². The second-order valence-electron chi connectivity index (χ2n) is 4.88. The van der Waals surface area contributed by atoms with Crippen LogP contribution in [0.4, 0.5) is 5.82 Å². The van der Waals surface area contributed by atoms with Crippen molar-refractivity contribution >= 4 is 17.6 Å². The standard InChI is InChI=1S/C14H19N3O2/c1-4-15-12-7-5-6-11(16-12)8-17-13(18)9(2)10(3)14(17)19/h5-7,9-10H,4,8H2,1-3H3,(H,15,16). The lowest BCUT2D eigenvalue weighted by molar-refractivity contribution is -0.140. The number of pyridine rings is 1.